The molecule has 2 N–H and O–H groups in total. The maximum Gasteiger partial charge on any atom is 0.287 e. The predicted molar refractivity (Wildman–Crippen MR) is 108 cm³/mol. The predicted octanol–water partition coefficient (Wildman–Crippen LogP) is 3.03. The van der Waals surface area contributed by atoms with Crippen LogP contribution in [0.4, 0.5) is 8.78 Å². The number of furan rings is 1. The monoisotopic (exact) mass is 425 g/mol. The van der Waals surface area contributed by atoms with Crippen LogP contribution >= 0.6 is 0 Å². The number of nitrogens with zero attached hydrogens (tertiary/aromatic N) is 2. The van der Waals surface area contributed by atoms with E-state index in [0.29, 0.717) is 5.56 Å². The van der Waals surface area contributed by atoms with Crippen molar-refractivity contribution in [2.24, 2.45) is 7.05 Å². The number of benzene rings is 1. The zero-order chi connectivity index (χ0) is 22.1. The average Bonchev–Trinajstić information content (AvgIpc) is 3.23. The van der Waals surface area contributed by atoms with Gasteiger partial charge in [0.25, 0.3) is 11.5 Å². The van der Waals surface area contributed by atoms with Gasteiger partial charge in [-0.2, -0.15) is 0 Å². The molecule has 0 radical (unpaired) electrons. The zero-order valence-corrected chi connectivity index (χ0v) is 16.4. The first-order chi connectivity index (χ1) is 14.8. The van der Waals surface area contributed by atoms with Crippen LogP contribution in [-0.2, 0) is 20.0 Å². The van der Waals surface area contributed by atoms with Gasteiger partial charge >= 0.3 is 0 Å². The molecular formula is C22H17F2N3O4. The van der Waals surface area contributed by atoms with Gasteiger partial charge < -0.3 is 14.8 Å². The van der Waals surface area contributed by atoms with E-state index in [9.17, 15) is 23.5 Å². The van der Waals surface area contributed by atoms with Crippen LogP contribution in [0, 0.1) is 11.6 Å². The van der Waals surface area contributed by atoms with Crippen LogP contribution in [0.15, 0.2) is 58.0 Å². The number of fused-ring (bicyclic) bond motifs is 1. The standard InChI is InChI=1S/C22H17F2N3O4/c1-27-21(30)14(8-13-2-3-16(23)17(24)9-13)19(28)15-10-18(31-22(15)27)20(29)26-11-12-4-6-25-7-5-12/h2-7,9-10,28H,8,11H2,1H3,(H,26,29). The second kappa shape index (κ2) is 8.02. The Morgan fingerprint density at radius 3 is 2.58 bits per heavy atom. The second-order valence-electron chi connectivity index (χ2n) is 6.98. The summed E-state index contributed by atoms with van der Waals surface area (Å²) in [5.74, 6) is -3.04. The van der Waals surface area contributed by atoms with Crippen molar-refractivity contribution in [1.82, 2.24) is 14.9 Å². The first-order valence-electron chi connectivity index (χ1n) is 9.30. The number of hydrogen-bond acceptors (Lipinski definition) is 5. The van der Waals surface area contributed by atoms with Crippen molar-refractivity contribution in [2.45, 2.75) is 13.0 Å². The fraction of sp³-hybridized carbons (Fsp3) is 0.136. The molecule has 4 aromatic rings. The third kappa shape index (κ3) is 3.89. The van der Waals surface area contributed by atoms with Crippen LogP contribution in [-0.4, -0.2) is 20.6 Å². The smallest absolute Gasteiger partial charge is 0.287 e. The summed E-state index contributed by atoms with van der Waals surface area (Å²) >= 11 is 0. The molecule has 0 aliphatic carbocycles. The minimum atomic E-state index is -1.05. The van der Waals surface area contributed by atoms with Gasteiger partial charge in [-0.3, -0.25) is 19.1 Å². The van der Waals surface area contributed by atoms with Crippen molar-refractivity contribution in [2.75, 3.05) is 0 Å². The molecule has 0 bridgehead atoms. The van der Waals surface area contributed by atoms with Gasteiger partial charge in [-0.25, -0.2) is 8.78 Å². The number of nitrogens with one attached hydrogen (secondary N) is 1. The summed E-state index contributed by atoms with van der Waals surface area (Å²) in [6.45, 7) is 0.241. The SMILES string of the molecule is Cn1c(=O)c(Cc2ccc(F)c(F)c2)c(O)c2cc(C(=O)NCc3ccncc3)oc21. The highest BCUT2D eigenvalue weighted by Gasteiger charge is 2.21. The highest BCUT2D eigenvalue weighted by atomic mass is 19.2. The largest absolute Gasteiger partial charge is 0.507 e. The van der Waals surface area contributed by atoms with Crippen LogP contribution < -0.4 is 10.9 Å². The Balaban J connectivity index is 1.66. The fourth-order valence-electron chi connectivity index (χ4n) is 3.25. The molecule has 0 saturated heterocycles. The summed E-state index contributed by atoms with van der Waals surface area (Å²) in [6.07, 6.45) is 3.08. The van der Waals surface area contributed by atoms with Gasteiger partial charge in [0.2, 0.25) is 5.71 Å². The Morgan fingerprint density at radius 1 is 1.13 bits per heavy atom. The van der Waals surface area contributed by atoms with Crippen molar-refractivity contribution in [3.63, 3.8) is 0 Å². The summed E-state index contributed by atoms with van der Waals surface area (Å²) in [7, 11) is 1.43. The van der Waals surface area contributed by atoms with E-state index in [1.165, 1.54) is 19.2 Å². The maximum atomic E-state index is 13.5. The van der Waals surface area contributed by atoms with Gasteiger partial charge in [-0.1, -0.05) is 6.07 Å². The lowest BCUT2D eigenvalue weighted by Crippen LogP contribution is -2.22. The highest BCUT2D eigenvalue weighted by Crippen LogP contribution is 2.30. The number of aromatic nitrogens is 2. The summed E-state index contributed by atoms with van der Waals surface area (Å²) in [5.41, 5.74) is 0.567. The molecule has 0 aliphatic rings. The number of amides is 1. The van der Waals surface area contributed by atoms with E-state index in [0.717, 1.165) is 22.3 Å². The van der Waals surface area contributed by atoms with Crippen molar-refractivity contribution < 1.29 is 23.1 Å². The third-order valence-corrected chi connectivity index (χ3v) is 4.91. The Labute approximate surface area is 174 Å². The lowest BCUT2D eigenvalue weighted by atomic mass is 10.0. The normalized spacial score (nSPS) is 11.1. The topological polar surface area (TPSA) is 97.4 Å². The quantitative estimate of drug-likeness (QED) is 0.512. The van der Waals surface area contributed by atoms with Gasteiger partial charge in [-0.05, 0) is 35.4 Å². The molecule has 0 atom stereocenters. The maximum absolute atomic E-state index is 13.5. The fourth-order valence-corrected chi connectivity index (χ4v) is 3.25. The van der Waals surface area contributed by atoms with Gasteiger partial charge in [0.15, 0.2) is 17.4 Å². The third-order valence-electron chi connectivity index (χ3n) is 4.91. The number of pyridine rings is 2. The van der Waals surface area contributed by atoms with Gasteiger partial charge in [-0.15, -0.1) is 0 Å². The Morgan fingerprint density at radius 2 is 1.87 bits per heavy atom. The molecule has 4 rings (SSSR count). The molecule has 0 spiro atoms. The number of carbonyl (C=O) groups is 1. The van der Waals surface area contributed by atoms with E-state index >= 15 is 0 Å². The van der Waals surface area contributed by atoms with Crippen LogP contribution in [0.5, 0.6) is 5.75 Å². The summed E-state index contributed by atoms with van der Waals surface area (Å²) in [6, 6.07) is 8.08. The number of aryl methyl sites for hydroxylation is 1. The van der Waals surface area contributed by atoms with Crippen molar-refractivity contribution in [1.29, 1.82) is 0 Å². The van der Waals surface area contributed by atoms with Crippen molar-refractivity contribution in [3.05, 3.63) is 93.2 Å². The van der Waals surface area contributed by atoms with E-state index < -0.39 is 23.1 Å². The van der Waals surface area contributed by atoms with Gasteiger partial charge in [0.1, 0.15) is 5.75 Å². The molecule has 7 nitrogen and oxygen atoms in total. The number of hydrogen-bond donors (Lipinski definition) is 2. The molecule has 0 unspecified atom stereocenters. The summed E-state index contributed by atoms with van der Waals surface area (Å²) in [4.78, 5) is 29.1. The van der Waals surface area contributed by atoms with E-state index in [-0.39, 0.29) is 41.1 Å². The Bertz CT molecular complexity index is 1350. The summed E-state index contributed by atoms with van der Waals surface area (Å²) in [5, 5.41) is 13.5. The molecule has 9 heteroatoms. The number of halogens is 2. The van der Waals surface area contributed by atoms with E-state index in [4.69, 9.17) is 4.42 Å². The second-order valence-corrected chi connectivity index (χ2v) is 6.98. The molecule has 0 fully saturated rings. The molecular weight excluding hydrogens is 408 g/mol. The first kappa shape index (κ1) is 20.3. The van der Waals surface area contributed by atoms with Crippen LogP contribution in [0.2, 0.25) is 0 Å². The van der Waals surface area contributed by atoms with Crippen LogP contribution in [0.1, 0.15) is 27.2 Å². The molecule has 0 aliphatic heterocycles. The molecule has 1 amide bonds. The van der Waals surface area contributed by atoms with Crippen LogP contribution in [0.25, 0.3) is 11.1 Å². The number of carbonyl (C=O) groups excluding carboxylic acids is 1. The molecule has 158 valence electrons. The van der Waals surface area contributed by atoms with E-state index in [1.807, 2.05) is 0 Å². The Hall–Kier alpha value is -4.01. The number of aromatic hydroxyl groups is 1. The highest BCUT2D eigenvalue weighted by molar-refractivity contribution is 5.97. The Kier molecular flexibility index (Phi) is 5.24. The van der Waals surface area contributed by atoms with Crippen molar-refractivity contribution >= 4 is 17.0 Å². The number of rotatable bonds is 5. The molecule has 1 aromatic carbocycles. The average molecular weight is 425 g/mol. The minimum Gasteiger partial charge on any atom is -0.507 e. The van der Waals surface area contributed by atoms with Crippen LogP contribution in [0.3, 0.4) is 0 Å². The lowest BCUT2D eigenvalue weighted by Gasteiger charge is -2.08. The minimum absolute atomic E-state index is 0.0191. The van der Waals surface area contributed by atoms with E-state index in [2.05, 4.69) is 10.3 Å². The van der Waals surface area contributed by atoms with Crippen molar-refractivity contribution in [3.8, 4) is 5.75 Å². The summed E-state index contributed by atoms with van der Waals surface area (Å²) < 4.78 is 33.4. The molecule has 3 aromatic heterocycles. The lowest BCUT2D eigenvalue weighted by molar-refractivity contribution is 0.0924. The molecule has 31 heavy (non-hydrogen) atoms. The molecule has 0 saturated carbocycles. The van der Waals surface area contributed by atoms with Gasteiger partial charge in [0.05, 0.1) is 10.9 Å². The van der Waals surface area contributed by atoms with Gasteiger partial charge in [0, 0.05) is 38.5 Å². The van der Waals surface area contributed by atoms with E-state index in [1.54, 1.807) is 24.5 Å². The zero-order valence-electron chi connectivity index (χ0n) is 16.4. The molecule has 3 heterocycles. The first-order valence-corrected chi connectivity index (χ1v) is 9.30.